The van der Waals surface area contributed by atoms with Gasteiger partial charge in [-0.1, -0.05) is 32.0 Å². The molecule has 0 saturated heterocycles. The van der Waals surface area contributed by atoms with Crippen LogP contribution in [0.1, 0.15) is 19.4 Å². The number of fused-ring (bicyclic) bond motifs is 1. The van der Waals surface area contributed by atoms with Gasteiger partial charge in [-0.3, -0.25) is 0 Å². The summed E-state index contributed by atoms with van der Waals surface area (Å²) in [6.45, 7) is 6.05. The van der Waals surface area contributed by atoms with Crippen LogP contribution in [0.5, 0.6) is 0 Å². The molecular formula is C11H14O. The van der Waals surface area contributed by atoms with Crippen molar-refractivity contribution in [1.82, 2.24) is 0 Å². The van der Waals surface area contributed by atoms with Gasteiger partial charge >= 0.3 is 0 Å². The number of rotatable bonds is 0. The van der Waals surface area contributed by atoms with E-state index in [4.69, 9.17) is 4.42 Å². The molecule has 1 aromatic carbocycles. The molecule has 0 unspecified atom stereocenters. The second-order valence-electron chi connectivity index (χ2n) is 2.41. The predicted molar refractivity (Wildman–Crippen MR) is 52.3 cm³/mol. The van der Waals surface area contributed by atoms with Crippen LogP contribution in [-0.4, -0.2) is 0 Å². The Hall–Kier alpha value is -1.24. The molecule has 0 radical (unpaired) electrons. The number of hydrogen-bond donors (Lipinski definition) is 0. The van der Waals surface area contributed by atoms with Crippen molar-refractivity contribution in [3.63, 3.8) is 0 Å². The van der Waals surface area contributed by atoms with Crippen LogP contribution in [0.4, 0.5) is 0 Å². The standard InChI is InChI=1S/C9H8O.C2H6/c1-7-6-10-9-5-3-2-4-8(7)9;1-2/h2-6H,1H3;1-2H3. The molecule has 2 aromatic rings. The summed E-state index contributed by atoms with van der Waals surface area (Å²) in [5.74, 6) is 0. The van der Waals surface area contributed by atoms with E-state index in [9.17, 15) is 0 Å². The summed E-state index contributed by atoms with van der Waals surface area (Å²) in [5, 5.41) is 1.21. The topological polar surface area (TPSA) is 13.1 Å². The number of benzene rings is 1. The third-order valence-electron chi connectivity index (χ3n) is 1.67. The number of furan rings is 1. The molecule has 0 saturated carbocycles. The van der Waals surface area contributed by atoms with Crippen molar-refractivity contribution in [3.8, 4) is 0 Å². The fourth-order valence-electron chi connectivity index (χ4n) is 1.11. The Bertz CT molecular complexity index is 347. The summed E-state index contributed by atoms with van der Waals surface area (Å²) in [6.07, 6.45) is 1.78. The minimum atomic E-state index is 0.972. The van der Waals surface area contributed by atoms with Gasteiger partial charge in [0.25, 0.3) is 0 Å². The Balaban J connectivity index is 0.000000336. The summed E-state index contributed by atoms with van der Waals surface area (Å²) >= 11 is 0. The van der Waals surface area contributed by atoms with Crippen LogP contribution in [0.25, 0.3) is 11.0 Å². The van der Waals surface area contributed by atoms with E-state index in [1.807, 2.05) is 39.0 Å². The Morgan fingerprint density at radius 1 is 1.08 bits per heavy atom. The first-order chi connectivity index (χ1) is 5.88. The molecule has 64 valence electrons. The van der Waals surface area contributed by atoms with Crippen molar-refractivity contribution in [2.45, 2.75) is 20.8 Å². The largest absolute Gasteiger partial charge is 0.464 e. The summed E-state index contributed by atoms with van der Waals surface area (Å²) in [5.41, 5.74) is 2.18. The molecule has 0 aliphatic rings. The van der Waals surface area contributed by atoms with Crippen LogP contribution in [0.2, 0.25) is 0 Å². The third kappa shape index (κ3) is 1.50. The number of hydrogen-bond acceptors (Lipinski definition) is 1. The molecule has 0 N–H and O–H groups in total. The molecule has 2 rings (SSSR count). The van der Waals surface area contributed by atoms with Gasteiger partial charge in [0.05, 0.1) is 6.26 Å². The summed E-state index contributed by atoms with van der Waals surface area (Å²) < 4.78 is 5.25. The first kappa shape index (κ1) is 8.85. The maximum absolute atomic E-state index is 5.25. The normalized spacial score (nSPS) is 9.25. The second-order valence-corrected chi connectivity index (χ2v) is 2.41. The van der Waals surface area contributed by atoms with E-state index >= 15 is 0 Å². The Morgan fingerprint density at radius 3 is 2.42 bits per heavy atom. The van der Waals surface area contributed by atoms with Crippen molar-refractivity contribution in [2.75, 3.05) is 0 Å². The number of aryl methyl sites for hydroxylation is 1. The summed E-state index contributed by atoms with van der Waals surface area (Å²) in [4.78, 5) is 0. The molecule has 1 aromatic heterocycles. The minimum Gasteiger partial charge on any atom is -0.464 e. The van der Waals surface area contributed by atoms with Gasteiger partial charge in [0.2, 0.25) is 0 Å². The van der Waals surface area contributed by atoms with Gasteiger partial charge < -0.3 is 4.42 Å². The highest BCUT2D eigenvalue weighted by molar-refractivity contribution is 5.80. The molecule has 0 fully saturated rings. The fraction of sp³-hybridized carbons (Fsp3) is 0.273. The molecule has 0 atom stereocenters. The highest BCUT2D eigenvalue weighted by Crippen LogP contribution is 2.18. The molecule has 1 heterocycles. The molecular weight excluding hydrogens is 148 g/mol. The van der Waals surface area contributed by atoms with Gasteiger partial charge in [0, 0.05) is 5.39 Å². The summed E-state index contributed by atoms with van der Waals surface area (Å²) in [6, 6.07) is 8.03. The monoisotopic (exact) mass is 162 g/mol. The van der Waals surface area contributed by atoms with Crippen molar-refractivity contribution in [2.24, 2.45) is 0 Å². The van der Waals surface area contributed by atoms with Crippen LogP contribution < -0.4 is 0 Å². The van der Waals surface area contributed by atoms with E-state index in [2.05, 4.69) is 6.07 Å². The molecule has 0 aliphatic carbocycles. The molecule has 0 aliphatic heterocycles. The fourth-order valence-corrected chi connectivity index (χ4v) is 1.11. The predicted octanol–water partition coefficient (Wildman–Crippen LogP) is 3.77. The lowest BCUT2D eigenvalue weighted by atomic mass is 10.2. The van der Waals surface area contributed by atoms with Crippen LogP contribution in [0.3, 0.4) is 0 Å². The highest BCUT2D eigenvalue weighted by Gasteiger charge is 1.97. The third-order valence-corrected chi connectivity index (χ3v) is 1.67. The highest BCUT2D eigenvalue weighted by atomic mass is 16.3. The Kier molecular flexibility index (Phi) is 2.92. The molecule has 0 bridgehead atoms. The number of para-hydroxylation sites is 1. The minimum absolute atomic E-state index is 0.972. The van der Waals surface area contributed by atoms with Crippen molar-refractivity contribution in [3.05, 3.63) is 36.1 Å². The van der Waals surface area contributed by atoms with Crippen LogP contribution >= 0.6 is 0 Å². The zero-order chi connectivity index (χ0) is 8.97. The SMILES string of the molecule is CC.Cc1coc2ccccc12. The van der Waals surface area contributed by atoms with E-state index in [1.54, 1.807) is 6.26 Å². The zero-order valence-corrected chi connectivity index (χ0v) is 7.79. The summed E-state index contributed by atoms with van der Waals surface area (Å²) in [7, 11) is 0. The molecule has 0 amide bonds. The van der Waals surface area contributed by atoms with Crippen LogP contribution in [0, 0.1) is 6.92 Å². The van der Waals surface area contributed by atoms with Crippen LogP contribution in [-0.2, 0) is 0 Å². The van der Waals surface area contributed by atoms with Gasteiger partial charge in [-0.05, 0) is 18.6 Å². The van der Waals surface area contributed by atoms with Gasteiger partial charge in [-0.25, -0.2) is 0 Å². The zero-order valence-electron chi connectivity index (χ0n) is 7.79. The second kappa shape index (κ2) is 3.96. The van der Waals surface area contributed by atoms with Gasteiger partial charge in [-0.15, -0.1) is 0 Å². The van der Waals surface area contributed by atoms with E-state index in [0.717, 1.165) is 5.58 Å². The first-order valence-electron chi connectivity index (χ1n) is 4.31. The molecule has 1 nitrogen and oxygen atoms in total. The Morgan fingerprint density at radius 2 is 1.75 bits per heavy atom. The lowest BCUT2D eigenvalue weighted by molar-refractivity contribution is 0.613. The van der Waals surface area contributed by atoms with Gasteiger partial charge in [0.15, 0.2) is 0 Å². The average Bonchev–Trinajstić information content (AvgIpc) is 2.53. The maximum Gasteiger partial charge on any atom is 0.134 e. The van der Waals surface area contributed by atoms with E-state index in [1.165, 1.54) is 10.9 Å². The van der Waals surface area contributed by atoms with Crippen molar-refractivity contribution < 1.29 is 4.42 Å². The molecule has 0 spiro atoms. The average molecular weight is 162 g/mol. The van der Waals surface area contributed by atoms with Gasteiger partial charge in [0.1, 0.15) is 5.58 Å². The lowest BCUT2D eigenvalue weighted by Crippen LogP contribution is -1.63. The van der Waals surface area contributed by atoms with Crippen molar-refractivity contribution >= 4 is 11.0 Å². The lowest BCUT2D eigenvalue weighted by Gasteiger charge is -1.84. The van der Waals surface area contributed by atoms with E-state index in [0.29, 0.717) is 0 Å². The van der Waals surface area contributed by atoms with E-state index in [-0.39, 0.29) is 0 Å². The van der Waals surface area contributed by atoms with Crippen molar-refractivity contribution in [1.29, 1.82) is 0 Å². The maximum atomic E-state index is 5.25. The van der Waals surface area contributed by atoms with E-state index < -0.39 is 0 Å². The smallest absolute Gasteiger partial charge is 0.134 e. The quantitative estimate of drug-likeness (QED) is 0.574. The first-order valence-corrected chi connectivity index (χ1v) is 4.31. The van der Waals surface area contributed by atoms with Gasteiger partial charge in [-0.2, -0.15) is 0 Å². The van der Waals surface area contributed by atoms with Crippen LogP contribution in [0.15, 0.2) is 34.9 Å². The molecule has 12 heavy (non-hydrogen) atoms. The molecule has 1 heteroatoms. The Labute approximate surface area is 73.0 Å².